The Morgan fingerprint density at radius 3 is 2.57 bits per heavy atom. The van der Waals surface area contributed by atoms with Crippen molar-refractivity contribution in [3.05, 3.63) is 62.8 Å². The van der Waals surface area contributed by atoms with Crippen molar-refractivity contribution in [2.75, 3.05) is 5.32 Å². The highest BCUT2D eigenvalue weighted by atomic mass is 32.1. The summed E-state index contributed by atoms with van der Waals surface area (Å²) >= 11 is 5.00. The Morgan fingerprint density at radius 2 is 1.96 bits per heavy atom. The number of benzene rings is 1. The third-order valence-corrected chi connectivity index (χ3v) is 3.45. The number of aryl methyl sites for hydroxylation is 1. The predicted octanol–water partition coefficient (Wildman–Crippen LogP) is 2.28. The SMILES string of the molecule is CC(=O)/C(=C\n1ccc(=O)[nH]c1=S)C(=O)Nc1ccccc1C. The van der Waals surface area contributed by atoms with Crippen molar-refractivity contribution in [3.8, 4) is 0 Å². The minimum absolute atomic E-state index is 0.0728. The van der Waals surface area contributed by atoms with Gasteiger partial charge in [0.1, 0.15) is 0 Å². The van der Waals surface area contributed by atoms with Gasteiger partial charge in [-0.15, -0.1) is 0 Å². The third kappa shape index (κ3) is 4.10. The second kappa shape index (κ2) is 6.97. The molecule has 0 saturated heterocycles. The quantitative estimate of drug-likeness (QED) is 0.390. The molecule has 0 aliphatic carbocycles. The van der Waals surface area contributed by atoms with Crippen LogP contribution in [0.1, 0.15) is 12.5 Å². The molecule has 0 unspecified atom stereocenters. The summed E-state index contributed by atoms with van der Waals surface area (Å²) < 4.78 is 1.44. The number of hydrogen-bond donors (Lipinski definition) is 2. The molecule has 23 heavy (non-hydrogen) atoms. The van der Waals surface area contributed by atoms with Gasteiger partial charge >= 0.3 is 0 Å². The van der Waals surface area contributed by atoms with Gasteiger partial charge in [0.25, 0.3) is 11.5 Å². The fourth-order valence-corrected chi connectivity index (χ4v) is 2.09. The Balaban J connectivity index is 2.38. The van der Waals surface area contributed by atoms with Gasteiger partial charge in [-0.25, -0.2) is 0 Å². The summed E-state index contributed by atoms with van der Waals surface area (Å²) in [5, 5.41) is 2.70. The first-order chi connectivity index (χ1) is 10.9. The van der Waals surface area contributed by atoms with Crippen LogP contribution in [0.25, 0.3) is 6.20 Å². The molecule has 1 aromatic heterocycles. The Kier molecular flexibility index (Phi) is 5.02. The maximum Gasteiger partial charge on any atom is 0.260 e. The molecule has 0 bridgehead atoms. The second-order valence-electron chi connectivity index (χ2n) is 4.89. The molecule has 0 fully saturated rings. The van der Waals surface area contributed by atoms with Crippen molar-refractivity contribution in [1.82, 2.24) is 9.55 Å². The van der Waals surface area contributed by atoms with E-state index in [-0.39, 0.29) is 15.9 Å². The number of nitrogens with zero attached hydrogens (tertiary/aromatic N) is 1. The van der Waals surface area contributed by atoms with Crippen LogP contribution in [-0.4, -0.2) is 21.2 Å². The summed E-state index contributed by atoms with van der Waals surface area (Å²) in [7, 11) is 0. The average molecular weight is 329 g/mol. The van der Waals surface area contributed by atoms with Gasteiger partial charge in [-0.3, -0.25) is 23.9 Å². The van der Waals surface area contributed by atoms with Gasteiger partial charge in [-0.05, 0) is 37.7 Å². The normalized spacial score (nSPS) is 11.1. The molecule has 2 rings (SSSR count). The number of carbonyl (C=O) groups excluding carboxylic acids is 2. The van der Waals surface area contributed by atoms with Crippen LogP contribution in [0.3, 0.4) is 0 Å². The zero-order chi connectivity index (χ0) is 17.0. The molecule has 2 N–H and O–H groups in total. The van der Waals surface area contributed by atoms with E-state index in [9.17, 15) is 14.4 Å². The molecule has 1 heterocycles. The molecule has 0 radical (unpaired) electrons. The summed E-state index contributed by atoms with van der Waals surface area (Å²) in [6.45, 7) is 3.14. The number of aromatic amines is 1. The van der Waals surface area contributed by atoms with Crippen molar-refractivity contribution < 1.29 is 9.59 Å². The van der Waals surface area contributed by atoms with Crippen LogP contribution >= 0.6 is 12.2 Å². The molecule has 1 aromatic carbocycles. The highest BCUT2D eigenvalue weighted by Gasteiger charge is 2.15. The van der Waals surface area contributed by atoms with Gasteiger partial charge in [0.15, 0.2) is 10.6 Å². The van der Waals surface area contributed by atoms with Crippen molar-refractivity contribution in [3.63, 3.8) is 0 Å². The largest absolute Gasteiger partial charge is 0.322 e. The lowest BCUT2D eigenvalue weighted by Crippen LogP contribution is -2.20. The van der Waals surface area contributed by atoms with Gasteiger partial charge in [-0.1, -0.05) is 18.2 Å². The van der Waals surface area contributed by atoms with E-state index in [1.807, 2.05) is 19.1 Å². The zero-order valence-electron chi connectivity index (χ0n) is 12.6. The number of amides is 1. The number of H-pyrrole nitrogens is 1. The van der Waals surface area contributed by atoms with E-state index in [4.69, 9.17) is 12.2 Å². The van der Waals surface area contributed by atoms with E-state index >= 15 is 0 Å². The molecule has 6 nitrogen and oxygen atoms in total. The molecule has 1 amide bonds. The predicted molar refractivity (Wildman–Crippen MR) is 90.6 cm³/mol. The monoisotopic (exact) mass is 329 g/mol. The number of hydrogen-bond acceptors (Lipinski definition) is 4. The van der Waals surface area contributed by atoms with Crippen LogP contribution in [0.5, 0.6) is 0 Å². The molecule has 118 valence electrons. The Hall–Kier alpha value is -2.80. The van der Waals surface area contributed by atoms with Crippen molar-refractivity contribution in [2.45, 2.75) is 13.8 Å². The van der Waals surface area contributed by atoms with Gasteiger partial charge in [-0.2, -0.15) is 0 Å². The molecule has 0 spiro atoms. The number of rotatable bonds is 4. The number of aromatic nitrogens is 2. The van der Waals surface area contributed by atoms with Crippen LogP contribution in [-0.2, 0) is 9.59 Å². The van der Waals surface area contributed by atoms with Gasteiger partial charge in [0, 0.05) is 24.2 Å². The summed E-state index contributed by atoms with van der Waals surface area (Å²) in [4.78, 5) is 37.8. The van der Waals surface area contributed by atoms with E-state index in [0.717, 1.165) is 5.56 Å². The maximum absolute atomic E-state index is 12.4. The van der Waals surface area contributed by atoms with Crippen LogP contribution in [0.15, 0.2) is 46.9 Å². The van der Waals surface area contributed by atoms with E-state index in [0.29, 0.717) is 5.69 Å². The van der Waals surface area contributed by atoms with Gasteiger partial charge < -0.3 is 5.32 Å². The second-order valence-corrected chi connectivity index (χ2v) is 5.27. The Labute approximate surface area is 137 Å². The number of carbonyl (C=O) groups is 2. The minimum atomic E-state index is -0.542. The molecule has 0 atom stereocenters. The molecule has 7 heteroatoms. The molecule has 2 aromatic rings. The van der Waals surface area contributed by atoms with E-state index < -0.39 is 11.7 Å². The highest BCUT2D eigenvalue weighted by Crippen LogP contribution is 2.15. The first kappa shape index (κ1) is 16.6. The third-order valence-electron chi connectivity index (χ3n) is 3.14. The van der Waals surface area contributed by atoms with Crippen LogP contribution in [0, 0.1) is 11.7 Å². The van der Waals surface area contributed by atoms with Crippen molar-refractivity contribution in [2.24, 2.45) is 0 Å². The van der Waals surface area contributed by atoms with E-state index in [1.54, 1.807) is 12.1 Å². The summed E-state index contributed by atoms with van der Waals surface area (Å²) in [6, 6.07) is 8.49. The summed E-state index contributed by atoms with van der Waals surface area (Å²) in [5.74, 6) is -0.955. The number of para-hydroxylation sites is 1. The van der Waals surface area contributed by atoms with Crippen LogP contribution in [0.4, 0.5) is 5.69 Å². The number of Topliss-reactive ketones (excluding diaryl/α,β-unsaturated/α-hetero) is 1. The molecular weight excluding hydrogens is 314 g/mol. The number of ketones is 1. The standard InChI is InChI=1S/C16H15N3O3S/c1-10-5-3-4-6-13(10)17-15(22)12(11(2)20)9-19-8-7-14(21)18-16(19)23/h3-9H,1-2H3,(H,17,22)(H,18,21,23)/b12-9+. The zero-order valence-corrected chi connectivity index (χ0v) is 13.4. The van der Waals surface area contributed by atoms with Gasteiger partial charge in [0.2, 0.25) is 0 Å². The first-order valence-electron chi connectivity index (χ1n) is 6.79. The lowest BCUT2D eigenvalue weighted by Gasteiger charge is -2.09. The molecule has 0 saturated carbocycles. The van der Waals surface area contributed by atoms with Crippen LogP contribution < -0.4 is 10.9 Å². The highest BCUT2D eigenvalue weighted by molar-refractivity contribution is 7.71. The summed E-state index contributed by atoms with van der Waals surface area (Å²) in [6.07, 6.45) is 2.69. The lowest BCUT2D eigenvalue weighted by atomic mass is 10.1. The Bertz CT molecular complexity index is 909. The molecule has 0 aliphatic rings. The topological polar surface area (TPSA) is 84.0 Å². The molecular formula is C16H15N3O3S. The number of anilines is 1. The maximum atomic E-state index is 12.4. The lowest BCUT2D eigenvalue weighted by molar-refractivity contribution is -0.118. The summed E-state index contributed by atoms with van der Waals surface area (Å²) in [5.41, 5.74) is 1.07. The van der Waals surface area contributed by atoms with Gasteiger partial charge in [0.05, 0.1) is 5.57 Å². The van der Waals surface area contributed by atoms with Crippen LogP contribution in [0.2, 0.25) is 0 Å². The molecule has 0 aliphatic heterocycles. The Morgan fingerprint density at radius 1 is 1.26 bits per heavy atom. The minimum Gasteiger partial charge on any atom is -0.322 e. The fraction of sp³-hybridized carbons (Fsp3) is 0.125. The first-order valence-corrected chi connectivity index (χ1v) is 7.20. The number of nitrogens with one attached hydrogen (secondary N) is 2. The average Bonchev–Trinajstić information content (AvgIpc) is 2.48. The smallest absolute Gasteiger partial charge is 0.260 e. The van der Waals surface area contributed by atoms with Crippen molar-refractivity contribution >= 4 is 35.8 Å². The van der Waals surface area contributed by atoms with E-state index in [1.165, 1.54) is 30.0 Å². The van der Waals surface area contributed by atoms with Crippen molar-refractivity contribution in [1.29, 1.82) is 0 Å². The van der Waals surface area contributed by atoms with E-state index in [2.05, 4.69) is 10.3 Å². The fourth-order valence-electron chi connectivity index (χ4n) is 1.88.